The van der Waals surface area contributed by atoms with E-state index in [1.54, 1.807) is 6.92 Å². The second-order valence-electron chi connectivity index (χ2n) is 3.37. The second kappa shape index (κ2) is 7.32. The molecule has 18 heavy (non-hydrogen) atoms. The highest BCUT2D eigenvalue weighted by Gasteiger charge is 2.19. The molecule has 3 nitrogen and oxygen atoms in total. The fraction of sp³-hybridized carbons (Fsp3) is 0.455. The van der Waals surface area contributed by atoms with E-state index < -0.39 is 12.4 Å². The van der Waals surface area contributed by atoms with Crippen molar-refractivity contribution in [1.82, 2.24) is 4.98 Å². The molecule has 0 amide bonds. The molecule has 7 heteroatoms. The molecule has 100 valence electrons. The number of nitrogens with zero attached hydrogens (tertiary/aromatic N) is 1. The number of esters is 1. The molecule has 0 fully saturated rings. The van der Waals surface area contributed by atoms with Crippen LogP contribution in [0.4, 0.5) is 8.78 Å². The van der Waals surface area contributed by atoms with Crippen molar-refractivity contribution in [1.29, 1.82) is 0 Å². The van der Waals surface area contributed by atoms with Crippen LogP contribution >= 0.6 is 38.5 Å². The van der Waals surface area contributed by atoms with Crippen molar-refractivity contribution in [2.45, 2.75) is 25.1 Å². The summed E-state index contributed by atoms with van der Waals surface area (Å²) >= 11 is 4.95. The van der Waals surface area contributed by atoms with E-state index in [0.29, 0.717) is 9.26 Å². The van der Waals surface area contributed by atoms with E-state index in [2.05, 4.69) is 20.9 Å². The van der Waals surface area contributed by atoms with Gasteiger partial charge in [0.2, 0.25) is 0 Å². The van der Waals surface area contributed by atoms with Gasteiger partial charge >= 0.3 is 5.97 Å². The van der Waals surface area contributed by atoms with E-state index >= 15 is 0 Å². The van der Waals surface area contributed by atoms with Crippen LogP contribution in [0, 0.1) is 3.57 Å². The lowest BCUT2D eigenvalue weighted by Crippen LogP contribution is -2.11. The van der Waals surface area contributed by atoms with Gasteiger partial charge < -0.3 is 4.74 Å². The molecule has 0 saturated heterocycles. The quantitative estimate of drug-likeness (QED) is 0.404. The van der Waals surface area contributed by atoms with Crippen molar-refractivity contribution in [3.8, 4) is 0 Å². The molecule has 0 N–H and O–H groups in total. The Labute approximate surface area is 126 Å². The van der Waals surface area contributed by atoms with Crippen LogP contribution in [0.15, 0.2) is 6.07 Å². The molecular weight excluding hydrogens is 423 g/mol. The highest BCUT2D eigenvalue weighted by molar-refractivity contribution is 14.1. The Morgan fingerprint density at radius 1 is 1.61 bits per heavy atom. The predicted molar refractivity (Wildman–Crippen MR) is 74.9 cm³/mol. The molecule has 0 saturated carbocycles. The van der Waals surface area contributed by atoms with Crippen LogP contribution in [0.1, 0.15) is 30.3 Å². The number of halogens is 4. The summed E-state index contributed by atoms with van der Waals surface area (Å²) in [6, 6.07) is 1.49. The zero-order valence-corrected chi connectivity index (χ0v) is 13.3. The lowest BCUT2D eigenvalue weighted by Gasteiger charge is -2.11. The summed E-state index contributed by atoms with van der Waals surface area (Å²) in [6.45, 7) is 2.00. The third kappa shape index (κ3) is 4.11. The van der Waals surface area contributed by atoms with Crippen LogP contribution in [0.3, 0.4) is 0 Å². The molecule has 0 unspecified atom stereocenters. The highest BCUT2D eigenvalue weighted by Crippen LogP contribution is 2.29. The number of hydrogen-bond donors (Lipinski definition) is 0. The Hall–Kier alpha value is -0.310. The van der Waals surface area contributed by atoms with Gasteiger partial charge in [-0.2, -0.15) is 0 Å². The van der Waals surface area contributed by atoms with E-state index in [-0.39, 0.29) is 29.6 Å². The van der Waals surface area contributed by atoms with Crippen molar-refractivity contribution in [3.63, 3.8) is 0 Å². The van der Waals surface area contributed by atoms with Crippen LogP contribution in [0.5, 0.6) is 0 Å². The fourth-order valence-corrected chi connectivity index (χ4v) is 2.74. The van der Waals surface area contributed by atoms with Gasteiger partial charge in [-0.25, -0.2) is 8.78 Å². The van der Waals surface area contributed by atoms with Gasteiger partial charge in [-0.3, -0.25) is 9.78 Å². The minimum absolute atomic E-state index is 0.00659. The maximum Gasteiger partial charge on any atom is 0.311 e. The number of pyridine rings is 1. The van der Waals surface area contributed by atoms with E-state index in [0.717, 1.165) is 0 Å². The number of aromatic nitrogens is 1. The van der Waals surface area contributed by atoms with Crippen molar-refractivity contribution in [2.24, 2.45) is 0 Å². The molecule has 0 aromatic carbocycles. The molecule has 1 aromatic rings. The summed E-state index contributed by atoms with van der Waals surface area (Å²) in [7, 11) is 0. The van der Waals surface area contributed by atoms with Crippen LogP contribution < -0.4 is 0 Å². The molecule has 0 spiro atoms. The zero-order valence-electron chi connectivity index (χ0n) is 9.55. The van der Waals surface area contributed by atoms with E-state index in [1.165, 1.54) is 6.07 Å². The van der Waals surface area contributed by atoms with Gasteiger partial charge in [0, 0.05) is 8.90 Å². The Morgan fingerprint density at radius 2 is 2.28 bits per heavy atom. The number of carbonyl (C=O) groups excluding carboxylic acids is 1. The molecular formula is C11H11BrF2INO2. The normalized spacial score (nSPS) is 10.8. The molecule has 0 atom stereocenters. The minimum Gasteiger partial charge on any atom is -0.466 e. The lowest BCUT2D eigenvalue weighted by molar-refractivity contribution is -0.142. The Kier molecular flexibility index (Phi) is 6.40. The number of hydrogen-bond acceptors (Lipinski definition) is 3. The molecule has 0 aliphatic rings. The Balaban J connectivity index is 3.03. The first-order valence-corrected chi connectivity index (χ1v) is 7.37. The number of alkyl halides is 3. The van der Waals surface area contributed by atoms with E-state index in [9.17, 15) is 13.6 Å². The molecule has 1 rings (SSSR count). The molecule has 0 aliphatic heterocycles. The Bertz CT molecular complexity index is 443. The topological polar surface area (TPSA) is 39.2 Å². The molecule has 1 heterocycles. The van der Waals surface area contributed by atoms with Crippen molar-refractivity contribution < 1.29 is 18.3 Å². The maximum atomic E-state index is 12.8. The van der Waals surface area contributed by atoms with Gasteiger partial charge in [-0.1, -0.05) is 15.9 Å². The second-order valence-corrected chi connectivity index (χ2v) is 5.09. The van der Waals surface area contributed by atoms with Crippen LogP contribution in [0.2, 0.25) is 0 Å². The van der Waals surface area contributed by atoms with Crippen LogP contribution in [-0.2, 0) is 21.3 Å². The van der Waals surface area contributed by atoms with Gasteiger partial charge in [0.1, 0.15) is 0 Å². The molecule has 0 aliphatic carbocycles. The van der Waals surface area contributed by atoms with Crippen molar-refractivity contribution in [3.05, 3.63) is 26.6 Å². The average molecular weight is 434 g/mol. The summed E-state index contributed by atoms with van der Waals surface area (Å²) in [5, 5.41) is 0.222. The fourth-order valence-electron chi connectivity index (χ4n) is 1.41. The summed E-state index contributed by atoms with van der Waals surface area (Å²) in [4.78, 5) is 15.4. The van der Waals surface area contributed by atoms with Gasteiger partial charge in [0.15, 0.2) is 0 Å². The summed E-state index contributed by atoms with van der Waals surface area (Å²) in [5.74, 6) is -0.411. The third-order valence-electron chi connectivity index (χ3n) is 2.12. The number of carbonyl (C=O) groups is 1. The first kappa shape index (κ1) is 15.7. The SMILES string of the molecule is CCOC(=O)Cc1cc(I)c(C(F)F)c(CBr)n1. The zero-order chi connectivity index (χ0) is 13.7. The van der Waals surface area contributed by atoms with Crippen LogP contribution in [0.25, 0.3) is 0 Å². The first-order valence-electron chi connectivity index (χ1n) is 5.17. The van der Waals surface area contributed by atoms with Gasteiger partial charge in [0.25, 0.3) is 6.43 Å². The maximum absolute atomic E-state index is 12.8. The Morgan fingerprint density at radius 3 is 2.78 bits per heavy atom. The summed E-state index contributed by atoms with van der Waals surface area (Å²) in [6.07, 6.45) is -2.58. The van der Waals surface area contributed by atoms with Crippen LogP contribution in [-0.4, -0.2) is 17.6 Å². The smallest absolute Gasteiger partial charge is 0.311 e. The number of ether oxygens (including phenoxy) is 1. The molecule has 1 aromatic heterocycles. The largest absolute Gasteiger partial charge is 0.466 e. The van der Waals surface area contributed by atoms with Gasteiger partial charge in [-0.15, -0.1) is 0 Å². The average Bonchev–Trinajstić information content (AvgIpc) is 2.27. The number of rotatable bonds is 5. The standard InChI is InChI=1S/C11H11BrF2INO2/c1-2-18-9(17)4-6-3-7(15)10(11(13)14)8(5-12)16-6/h3,11H,2,4-5H2,1H3. The molecule has 0 radical (unpaired) electrons. The van der Waals surface area contributed by atoms with Gasteiger partial charge in [-0.05, 0) is 35.6 Å². The predicted octanol–water partition coefficient (Wildman–Crippen LogP) is 3.62. The molecule has 0 bridgehead atoms. The van der Waals surface area contributed by atoms with Crippen molar-refractivity contribution >= 4 is 44.5 Å². The van der Waals surface area contributed by atoms with Gasteiger partial charge in [0.05, 0.1) is 30.0 Å². The van der Waals surface area contributed by atoms with E-state index in [1.807, 2.05) is 22.6 Å². The monoisotopic (exact) mass is 433 g/mol. The summed E-state index contributed by atoms with van der Waals surface area (Å²) < 4.78 is 30.9. The van der Waals surface area contributed by atoms with Crippen molar-refractivity contribution in [2.75, 3.05) is 6.61 Å². The third-order valence-corrected chi connectivity index (χ3v) is 3.54. The van der Waals surface area contributed by atoms with E-state index in [4.69, 9.17) is 4.74 Å². The minimum atomic E-state index is -2.58. The summed E-state index contributed by atoms with van der Waals surface area (Å²) in [5.41, 5.74) is 0.619. The lowest BCUT2D eigenvalue weighted by atomic mass is 10.1. The first-order chi connectivity index (χ1) is 8.49. The highest BCUT2D eigenvalue weighted by atomic mass is 127.